The fraction of sp³-hybridized carbons (Fsp3) is 0.259. The topological polar surface area (TPSA) is 65.1 Å². The second-order valence-corrected chi connectivity index (χ2v) is 8.78. The van der Waals surface area contributed by atoms with Gasteiger partial charge in [0.1, 0.15) is 18.0 Å². The maximum Gasteiger partial charge on any atom is 0.326 e. The van der Waals surface area contributed by atoms with Gasteiger partial charge in [-0.3, -0.25) is 14.5 Å². The van der Waals surface area contributed by atoms with Crippen molar-refractivity contribution < 1.29 is 23.8 Å². The van der Waals surface area contributed by atoms with E-state index in [1.54, 1.807) is 50.4 Å². The highest BCUT2D eigenvalue weighted by Gasteiger charge is 2.24. The molecule has 0 fully saturated rings. The lowest BCUT2D eigenvalue weighted by molar-refractivity contribution is -0.141. The van der Waals surface area contributed by atoms with E-state index in [-0.39, 0.29) is 34.9 Å². The number of methoxy groups -OCH3 is 1. The molecule has 0 aliphatic carbocycles. The number of esters is 1. The molecule has 0 spiro atoms. The summed E-state index contributed by atoms with van der Waals surface area (Å²) in [5, 5.41) is 0.369. The normalized spacial score (nSPS) is 10.7. The largest absolute Gasteiger partial charge is 0.496 e. The third-order valence-electron chi connectivity index (χ3n) is 5.20. The first-order valence-corrected chi connectivity index (χ1v) is 11.9. The minimum atomic E-state index is -0.552. The van der Waals surface area contributed by atoms with Crippen LogP contribution < -0.4 is 14.4 Å². The van der Waals surface area contributed by atoms with Gasteiger partial charge in [-0.1, -0.05) is 55.2 Å². The highest BCUT2D eigenvalue weighted by Crippen LogP contribution is 2.41. The molecule has 0 aliphatic rings. The summed E-state index contributed by atoms with van der Waals surface area (Å²) < 4.78 is 16.5. The van der Waals surface area contributed by atoms with Crippen LogP contribution >= 0.6 is 23.2 Å². The van der Waals surface area contributed by atoms with Crippen LogP contribution in [0.15, 0.2) is 60.7 Å². The van der Waals surface area contributed by atoms with Crippen LogP contribution in [0.25, 0.3) is 0 Å². The lowest BCUT2D eigenvalue weighted by atomic mass is 10.0. The summed E-state index contributed by atoms with van der Waals surface area (Å²) in [6.45, 7) is 5.70. The molecular weight excluding hydrogens is 489 g/mol. The van der Waals surface area contributed by atoms with Gasteiger partial charge in [0.05, 0.1) is 23.8 Å². The molecule has 0 saturated heterocycles. The van der Waals surface area contributed by atoms with Crippen LogP contribution in [-0.2, 0) is 9.53 Å². The molecule has 0 heterocycles. The first kappa shape index (κ1) is 26.4. The van der Waals surface area contributed by atoms with Gasteiger partial charge >= 0.3 is 5.97 Å². The van der Waals surface area contributed by atoms with E-state index in [0.717, 1.165) is 11.3 Å². The molecule has 3 aromatic rings. The van der Waals surface area contributed by atoms with E-state index >= 15 is 0 Å². The van der Waals surface area contributed by atoms with Crippen molar-refractivity contribution in [3.8, 4) is 17.2 Å². The summed E-state index contributed by atoms with van der Waals surface area (Å²) in [7, 11) is 1.62. The Bertz CT molecular complexity index is 1170. The fourth-order valence-corrected chi connectivity index (χ4v) is 4.05. The smallest absolute Gasteiger partial charge is 0.326 e. The van der Waals surface area contributed by atoms with Gasteiger partial charge in [-0.15, -0.1) is 0 Å². The van der Waals surface area contributed by atoms with E-state index in [1.165, 1.54) is 17.0 Å². The molecule has 35 heavy (non-hydrogen) atoms. The number of amides is 1. The zero-order valence-electron chi connectivity index (χ0n) is 20.0. The summed E-state index contributed by atoms with van der Waals surface area (Å²) >= 11 is 13.1. The van der Waals surface area contributed by atoms with Crippen LogP contribution in [-0.4, -0.2) is 32.1 Å². The molecule has 0 bridgehead atoms. The zero-order chi connectivity index (χ0) is 25.5. The number of carbonyl (C=O) groups excluding carboxylic acids is 2. The van der Waals surface area contributed by atoms with E-state index in [0.29, 0.717) is 17.0 Å². The third-order valence-corrected chi connectivity index (χ3v) is 5.76. The number of halogens is 2. The van der Waals surface area contributed by atoms with Crippen molar-refractivity contribution in [2.24, 2.45) is 0 Å². The molecule has 3 rings (SSSR count). The van der Waals surface area contributed by atoms with Gasteiger partial charge in [0.25, 0.3) is 5.91 Å². The second kappa shape index (κ2) is 12.0. The van der Waals surface area contributed by atoms with Gasteiger partial charge in [-0.2, -0.15) is 0 Å². The summed E-state index contributed by atoms with van der Waals surface area (Å²) in [5.74, 6) is 0.797. The first-order valence-electron chi connectivity index (χ1n) is 11.1. The van der Waals surface area contributed by atoms with Crippen molar-refractivity contribution in [2.45, 2.75) is 26.7 Å². The van der Waals surface area contributed by atoms with Crippen LogP contribution in [0.5, 0.6) is 17.2 Å². The molecular formula is C27H27Cl2NO5. The Balaban J connectivity index is 1.97. The summed E-state index contributed by atoms with van der Waals surface area (Å²) in [5.41, 5.74) is 1.72. The van der Waals surface area contributed by atoms with Crippen LogP contribution in [0, 0.1) is 0 Å². The number of rotatable bonds is 9. The van der Waals surface area contributed by atoms with Crippen LogP contribution in [0.1, 0.15) is 42.6 Å². The average molecular weight is 516 g/mol. The minimum Gasteiger partial charge on any atom is -0.496 e. The molecule has 0 unspecified atom stereocenters. The van der Waals surface area contributed by atoms with Gasteiger partial charge in [0, 0.05) is 16.8 Å². The molecule has 184 valence electrons. The highest BCUT2D eigenvalue weighted by molar-refractivity contribution is 6.37. The molecule has 3 aromatic carbocycles. The Morgan fingerprint density at radius 1 is 0.971 bits per heavy atom. The molecule has 0 radical (unpaired) electrons. The van der Waals surface area contributed by atoms with Crippen molar-refractivity contribution in [1.82, 2.24) is 0 Å². The molecule has 0 atom stereocenters. The molecule has 6 nitrogen and oxygen atoms in total. The van der Waals surface area contributed by atoms with Crippen LogP contribution in [0.2, 0.25) is 10.0 Å². The standard InChI is InChI=1S/C27H27Cl2NO5/c1-5-34-25(31)16-30(27(32)18-9-7-6-8-10-18)19-13-22(28)26(23(29)14-19)35-20-11-12-24(33-4)21(15-20)17(2)3/h6-15,17H,5,16H2,1-4H3. The van der Waals surface area contributed by atoms with E-state index in [9.17, 15) is 9.59 Å². The molecule has 0 N–H and O–H groups in total. The molecule has 0 saturated carbocycles. The van der Waals surface area contributed by atoms with Crippen molar-refractivity contribution in [1.29, 1.82) is 0 Å². The van der Waals surface area contributed by atoms with Gasteiger partial charge in [-0.05, 0) is 55.3 Å². The maximum atomic E-state index is 13.2. The third kappa shape index (κ3) is 6.47. The van der Waals surface area contributed by atoms with Gasteiger partial charge in [-0.25, -0.2) is 0 Å². The maximum absolute atomic E-state index is 13.2. The highest BCUT2D eigenvalue weighted by atomic mass is 35.5. The lowest BCUT2D eigenvalue weighted by Gasteiger charge is -2.23. The Morgan fingerprint density at radius 2 is 1.63 bits per heavy atom. The first-order chi connectivity index (χ1) is 16.7. The Labute approximate surface area is 215 Å². The molecule has 1 amide bonds. The van der Waals surface area contributed by atoms with E-state index in [4.69, 9.17) is 37.4 Å². The molecule has 0 aliphatic heterocycles. The van der Waals surface area contributed by atoms with Gasteiger partial charge < -0.3 is 14.2 Å². The summed E-state index contributed by atoms with van der Waals surface area (Å²) in [4.78, 5) is 26.8. The SMILES string of the molecule is CCOC(=O)CN(C(=O)c1ccccc1)c1cc(Cl)c(Oc2ccc(OC)c(C(C)C)c2)c(Cl)c1. The predicted molar refractivity (Wildman–Crippen MR) is 138 cm³/mol. The van der Waals surface area contributed by atoms with Crippen molar-refractivity contribution in [2.75, 3.05) is 25.2 Å². The van der Waals surface area contributed by atoms with Gasteiger partial charge in [0.15, 0.2) is 5.75 Å². The second-order valence-electron chi connectivity index (χ2n) is 7.96. The van der Waals surface area contributed by atoms with E-state index in [2.05, 4.69) is 13.8 Å². The van der Waals surface area contributed by atoms with Crippen LogP contribution in [0.4, 0.5) is 5.69 Å². The number of nitrogens with zero attached hydrogens (tertiary/aromatic N) is 1. The number of carbonyl (C=O) groups is 2. The van der Waals surface area contributed by atoms with Crippen molar-refractivity contribution in [3.05, 3.63) is 81.8 Å². The average Bonchev–Trinajstić information content (AvgIpc) is 2.84. The number of hydrogen-bond donors (Lipinski definition) is 0. The van der Waals surface area contributed by atoms with Crippen molar-refractivity contribution >= 4 is 40.8 Å². The Hall–Kier alpha value is -3.22. The quantitative estimate of drug-likeness (QED) is 0.283. The number of benzene rings is 3. The predicted octanol–water partition coefficient (Wildman–Crippen LogP) is 7.13. The van der Waals surface area contributed by atoms with Crippen molar-refractivity contribution in [3.63, 3.8) is 0 Å². The Kier molecular flexibility index (Phi) is 9.01. The summed E-state index contributed by atoms with van der Waals surface area (Å²) in [6, 6.07) is 17.1. The molecule has 0 aromatic heterocycles. The number of anilines is 1. The van der Waals surface area contributed by atoms with E-state index < -0.39 is 11.9 Å². The number of hydrogen-bond acceptors (Lipinski definition) is 5. The summed E-state index contributed by atoms with van der Waals surface area (Å²) in [6.07, 6.45) is 0. The Morgan fingerprint density at radius 3 is 2.20 bits per heavy atom. The lowest BCUT2D eigenvalue weighted by Crippen LogP contribution is -2.36. The number of ether oxygens (including phenoxy) is 3. The van der Waals surface area contributed by atoms with E-state index in [1.807, 2.05) is 12.1 Å². The van der Waals surface area contributed by atoms with Gasteiger partial charge in [0.2, 0.25) is 0 Å². The molecule has 8 heteroatoms. The zero-order valence-corrected chi connectivity index (χ0v) is 21.5. The fourth-order valence-electron chi connectivity index (χ4n) is 3.50. The minimum absolute atomic E-state index is 0.184. The monoisotopic (exact) mass is 515 g/mol. The van der Waals surface area contributed by atoms with Crippen LogP contribution in [0.3, 0.4) is 0 Å².